The second-order valence-electron chi connectivity index (χ2n) is 6.69. The number of halogens is 1. The molecule has 2 aromatic carbocycles. The van der Waals surface area contributed by atoms with E-state index in [9.17, 15) is 17.6 Å². The second kappa shape index (κ2) is 9.80. The van der Waals surface area contributed by atoms with E-state index in [2.05, 4.69) is 5.32 Å². The molecule has 0 saturated heterocycles. The van der Waals surface area contributed by atoms with E-state index in [4.69, 9.17) is 0 Å². The molecule has 0 spiro atoms. The third-order valence-electron chi connectivity index (χ3n) is 4.61. The molecule has 1 unspecified atom stereocenters. The number of hydrogen-bond acceptors (Lipinski definition) is 3. The van der Waals surface area contributed by atoms with Crippen LogP contribution in [0.25, 0.3) is 0 Å². The van der Waals surface area contributed by atoms with Gasteiger partial charge in [0.2, 0.25) is 15.9 Å². The molecule has 1 atom stereocenters. The predicted molar refractivity (Wildman–Crippen MR) is 108 cm³/mol. The molecule has 1 N–H and O–H groups in total. The Kier molecular flexibility index (Phi) is 7.71. The highest BCUT2D eigenvalue weighted by molar-refractivity contribution is 7.89. The van der Waals surface area contributed by atoms with Crippen LogP contribution in [0.2, 0.25) is 0 Å². The van der Waals surface area contributed by atoms with E-state index in [1.165, 1.54) is 16.4 Å². The van der Waals surface area contributed by atoms with Crippen molar-refractivity contribution in [1.82, 2.24) is 9.62 Å². The fourth-order valence-electron chi connectivity index (χ4n) is 2.97. The minimum atomic E-state index is -3.49. The number of nitrogens with zero attached hydrogens (tertiary/aromatic N) is 1. The Morgan fingerprint density at radius 2 is 1.71 bits per heavy atom. The van der Waals surface area contributed by atoms with Crippen molar-refractivity contribution in [2.24, 2.45) is 5.92 Å². The van der Waals surface area contributed by atoms with E-state index in [1.807, 2.05) is 0 Å². The van der Waals surface area contributed by atoms with Gasteiger partial charge in [0.25, 0.3) is 0 Å². The lowest BCUT2D eigenvalue weighted by atomic mass is 10.0. The molecule has 0 heterocycles. The first-order valence-corrected chi connectivity index (χ1v) is 10.8. The Morgan fingerprint density at radius 3 is 2.29 bits per heavy atom. The first kappa shape index (κ1) is 22.0. The van der Waals surface area contributed by atoms with Crippen LogP contribution in [0.3, 0.4) is 0 Å². The van der Waals surface area contributed by atoms with Gasteiger partial charge < -0.3 is 5.32 Å². The van der Waals surface area contributed by atoms with E-state index >= 15 is 0 Å². The predicted octanol–water partition coefficient (Wildman–Crippen LogP) is 3.35. The van der Waals surface area contributed by atoms with Gasteiger partial charge in [0.05, 0.1) is 4.90 Å². The van der Waals surface area contributed by atoms with Crippen LogP contribution in [0.1, 0.15) is 31.9 Å². The summed E-state index contributed by atoms with van der Waals surface area (Å²) in [5.41, 5.74) is 1.58. The van der Waals surface area contributed by atoms with Gasteiger partial charge in [-0.1, -0.05) is 45.0 Å². The molecule has 0 radical (unpaired) electrons. The number of hydrogen-bond donors (Lipinski definition) is 1. The number of amides is 1. The fourth-order valence-corrected chi connectivity index (χ4v) is 4.42. The molecular formula is C21H27FN2O3S. The number of carbonyl (C=O) groups is 1. The summed E-state index contributed by atoms with van der Waals surface area (Å²) < 4.78 is 39.6. The Morgan fingerprint density at radius 1 is 1.07 bits per heavy atom. The van der Waals surface area contributed by atoms with Crippen LogP contribution < -0.4 is 5.32 Å². The van der Waals surface area contributed by atoms with E-state index in [0.717, 1.165) is 11.1 Å². The molecule has 152 valence electrons. The molecule has 0 saturated carbocycles. The number of carbonyl (C=O) groups excluding carboxylic acids is 1. The summed E-state index contributed by atoms with van der Waals surface area (Å²) in [6.45, 7) is 6.53. The maximum atomic E-state index is 13.3. The Hall–Kier alpha value is -2.25. The molecule has 2 aromatic rings. The third-order valence-corrected chi connectivity index (χ3v) is 6.68. The SMILES string of the molecule is CCN(CC)S(=O)(=O)c1ccc(CNC(=O)C(C)Cc2cccc(F)c2)cc1. The summed E-state index contributed by atoms with van der Waals surface area (Å²) in [6.07, 6.45) is 0.449. The molecule has 7 heteroatoms. The van der Waals surface area contributed by atoms with E-state index in [1.54, 1.807) is 57.2 Å². The molecule has 5 nitrogen and oxygen atoms in total. The summed E-state index contributed by atoms with van der Waals surface area (Å²) in [4.78, 5) is 12.5. The van der Waals surface area contributed by atoms with Crippen LogP contribution >= 0.6 is 0 Å². The summed E-state index contributed by atoms with van der Waals surface area (Å²) in [5, 5.41) is 2.84. The van der Waals surface area contributed by atoms with Crippen molar-refractivity contribution in [1.29, 1.82) is 0 Å². The smallest absolute Gasteiger partial charge is 0.243 e. The van der Waals surface area contributed by atoms with Gasteiger partial charge in [0.1, 0.15) is 5.82 Å². The van der Waals surface area contributed by atoms with Crippen LogP contribution in [-0.4, -0.2) is 31.7 Å². The normalized spacial score (nSPS) is 12.8. The highest BCUT2D eigenvalue weighted by Crippen LogP contribution is 2.16. The number of sulfonamides is 1. The fraction of sp³-hybridized carbons (Fsp3) is 0.381. The lowest BCUT2D eigenvalue weighted by Gasteiger charge is -2.18. The molecule has 0 aliphatic carbocycles. The van der Waals surface area contributed by atoms with Gasteiger partial charge in [0.15, 0.2) is 0 Å². The van der Waals surface area contributed by atoms with Crippen molar-refractivity contribution in [3.63, 3.8) is 0 Å². The van der Waals surface area contributed by atoms with Crippen molar-refractivity contribution in [2.45, 2.75) is 38.6 Å². The topological polar surface area (TPSA) is 66.5 Å². The first-order valence-electron chi connectivity index (χ1n) is 9.39. The average molecular weight is 407 g/mol. The summed E-state index contributed by atoms with van der Waals surface area (Å²) in [5.74, 6) is -0.752. The highest BCUT2D eigenvalue weighted by Gasteiger charge is 2.21. The van der Waals surface area contributed by atoms with E-state index in [-0.39, 0.29) is 22.5 Å². The van der Waals surface area contributed by atoms with Crippen molar-refractivity contribution in [2.75, 3.05) is 13.1 Å². The zero-order valence-electron chi connectivity index (χ0n) is 16.5. The number of rotatable bonds is 9. The zero-order chi connectivity index (χ0) is 20.7. The van der Waals surface area contributed by atoms with Crippen molar-refractivity contribution in [3.05, 3.63) is 65.5 Å². The molecule has 0 aromatic heterocycles. The second-order valence-corrected chi connectivity index (χ2v) is 8.62. The third kappa shape index (κ3) is 5.62. The molecule has 28 heavy (non-hydrogen) atoms. The molecule has 0 aliphatic rings. The zero-order valence-corrected chi connectivity index (χ0v) is 17.3. The number of nitrogens with one attached hydrogen (secondary N) is 1. The van der Waals surface area contributed by atoms with Crippen LogP contribution in [-0.2, 0) is 27.8 Å². The van der Waals surface area contributed by atoms with Crippen molar-refractivity contribution in [3.8, 4) is 0 Å². The monoisotopic (exact) mass is 406 g/mol. The number of benzene rings is 2. The van der Waals surface area contributed by atoms with Gasteiger partial charge in [-0.25, -0.2) is 12.8 Å². The van der Waals surface area contributed by atoms with Crippen LogP contribution in [0, 0.1) is 11.7 Å². The molecule has 1 amide bonds. The minimum absolute atomic E-state index is 0.135. The van der Waals surface area contributed by atoms with Gasteiger partial charge >= 0.3 is 0 Å². The molecule has 0 bridgehead atoms. The van der Waals surface area contributed by atoms with E-state index in [0.29, 0.717) is 26.1 Å². The van der Waals surface area contributed by atoms with Crippen LogP contribution in [0.4, 0.5) is 4.39 Å². The highest BCUT2D eigenvalue weighted by atomic mass is 32.2. The quantitative estimate of drug-likeness (QED) is 0.694. The average Bonchev–Trinajstić information content (AvgIpc) is 2.67. The van der Waals surface area contributed by atoms with Gasteiger partial charge in [-0.05, 0) is 41.8 Å². The summed E-state index contributed by atoms with van der Waals surface area (Å²) in [7, 11) is -3.49. The molecule has 2 rings (SSSR count). The molecule has 0 fully saturated rings. The maximum Gasteiger partial charge on any atom is 0.243 e. The molecular weight excluding hydrogens is 379 g/mol. The summed E-state index contributed by atoms with van der Waals surface area (Å²) >= 11 is 0. The standard InChI is InChI=1S/C21H27FN2O3S/c1-4-24(5-2)28(26,27)20-11-9-17(10-12-20)15-23-21(25)16(3)13-18-7-6-8-19(22)14-18/h6-12,14,16H,4-5,13,15H2,1-3H3,(H,23,25). The largest absolute Gasteiger partial charge is 0.352 e. The van der Waals surface area contributed by atoms with Gasteiger partial charge in [-0.2, -0.15) is 4.31 Å². The van der Waals surface area contributed by atoms with Gasteiger partial charge in [-0.3, -0.25) is 4.79 Å². The van der Waals surface area contributed by atoms with Crippen LogP contribution in [0.15, 0.2) is 53.4 Å². The first-order chi connectivity index (χ1) is 13.3. The van der Waals surface area contributed by atoms with Crippen molar-refractivity contribution < 1.29 is 17.6 Å². The van der Waals surface area contributed by atoms with Gasteiger partial charge in [-0.15, -0.1) is 0 Å². The lowest BCUT2D eigenvalue weighted by Crippen LogP contribution is -2.31. The molecule has 0 aliphatic heterocycles. The lowest BCUT2D eigenvalue weighted by molar-refractivity contribution is -0.124. The Balaban J connectivity index is 1.94. The van der Waals surface area contributed by atoms with Crippen molar-refractivity contribution >= 4 is 15.9 Å². The summed E-state index contributed by atoms with van der Waals surface area (Å²) in [6, 6.07) is 12.8. The minimum Gasteiger partial charge on any atom is -0.352 e. The maximum absolute atomic E-state index is 13.3. The van der Waals surface area contributed by atoms with Gasteiger partial charge in [0, 0.05) is 25.6 Å². The Labute approximate surface area is 166 Å². The Bertz CT molecular complexity index is 894. The van der Waals surface area contributed by atoms with E-state index < -0.39 is 10.0 Å². The van der Waals surface area contributed by atoms with Crippen LogP contribution in [0.5, 0.6) is 0 Å².